The van der Waals surface area contributed by atoms with Crippen molar-refractivity contribution in [3.05, 3.63) is 75.3 Å². The second kappa shape index (κ2) is 6.54. The maximum atomic E-state index is 13.1. The maximum absolute atomic E-state index is 13.1. The molecule has 0 spiro atoms. The first-order valence-electron chi connectivity index (χ1n) is 7.43. The number of rotatable bonds is 5. The Hall–Kier alpha value is -2.51. The number of amides is 1. The van der Waals surface area contributed by atoms with Gasteiger partial charge in [-0.1, -0.05) is 12.1 Å². The van der Waals surface area contributed by atoms with E-state index in [1.807, 2.05) is 50.5 Å². The molecule has 0 unspecified atom stereocenters. The third-order valence-corrected chi connectivity index (χ3v) is 5.38. The van der Waals surface area contributed by atoms with E-state index in [4.69, 9.17) is 0 Å². The van der Waals surface area contributed by atoms with Crippen molar-refractivity contribution < 1.29 is 4.79 Å². The molecule has 4 aromatic rings. The van der Waals surface area contributed by atoms with Crippen LogP contribution in [-0.4, -0.2) is 25.2 Å². The van der Waals surface area contributed by atoms with Crippen LogP contribution in [0.2, 0.25) is 0 Å². The minimum absolute atomic E-state index is 0.103. The molecule has 0 bridgehead atoms. The molecule has 1 amide bonds. The highest BCUT2D eigenvalue weighted by molar-refractivity contribution is 7.10. The van der Waals surface area contributed by atoms with Crippen LogP contribution in [0.5, 0.6) is 0 Å². The number of imidazole rings is 1. The molecule has 24 heavy (non-hydrogen) atoms. The Morgan fingerprint density at radius 3 is 2.21 bits per heavy atom. The Labute approximate surface area is 146 Å². The SMILES string of the molecule is O=C(c1nccn2ccnc12)N(Cc1cccs1)Cc1cccs1. The number of carbonyl (C=O) groups is 1. The molecule has 0 atom stereocenters. The zero-order valence-corrected chi connectivity index (χ0v) is 14.3. The normalized spacial score (nSPS) is 11.0. The molecule has 0 N–H and O–H groups in total. The third kappa shape index (κ3) is 2.95. The fourth-order valence-corrected chi connectivity index (χ4v) is 3.97. The summed E-state index contributed by atoms with van der Waals surface area (Å²) in [6, 6.07) is 8.09. The van der Waals surface area contributed by atoms with E-state index in [2.05, 4.69) is 9.97 Å². The zero-order valence-electron chi connectivity index (χ0n) is 12.7. The Kier molecular flexibility index (Phi) is 4.10. The minimum Gasteiger partial charge on any atom is -0.327 e. The quantitative estimate of drug-likeness (QED) is 0.549. The number of fused-ring (bicyclic) bond motifs is 1. The van der Waals surface area contributed by atoms with E-state index < -0.39 is 0 Å². The van der Waals surface area contributed by atoms with Gasteiger partial charge < -0.3 is 9.30 Å². The van der Waals surface area contributed by atoms with Gasteiger partial charge in [0.05, 0.1) is 13.1 Å². The van der Waals surface area contributed by atoms with Crippen LogP contribution in [0.25, 0.3) is 5.65 Å². The van der Waals surface area contributed by atoms with Gasteiger partial charge in [-0.05, 0) is 22.9 Å². The Balaban J connectivity index is 1.68. The van der Waals surface area contributed by atoms with Crippen molar-refractivity contribution in [1.29, 1.82) is 0 Å². The van der Waals surface area contributed by atoms with Crippen LogP contribution in [0.1, 0.15) is 20.2 Å². The van der Waals surface area contributed by atoms with Crippen LogP contribution >= 0.6 is 22.7 Å². The first-order chi connectivity index (χ1) is 11.8. The first kappa shape index (κ1) is 15.0. The molecule has 0 radical (unpaired) electrons. The fourth-order valence-electron chi connectivity index (χ4n) is 2.54. The van der Waals surface area contributed by atoms with Gasteiger partial charge in [0.1, 0.15) is 0 Å². The van der Waals surface area contributed by atoms with Gasteiger partial charge in [-0.3, -0.25) is 4.79 Å². The lowest BCUT2D eigenvalue weighted by atomic mass is 10.3. The average molecular weight is 354 g/mol. The van der Waals surface area contributed by atoms with E-state index in [1.54, 1.807) is 41.3 Å². The topological polar surface area (TPSA) is 50.5 Å². The van der Waals surface area contributed by atoms with Crippen LogP contribution in [0.4, 0.5) is 0 Å². The molecule has 5 nitrogen and oxygen atoms in total. The molecule has 0 saturated heterocycles. The van der Waals surface area contributed by atoms with Crippen molar-refractivity contribution >= 4 is 34.2 Å². The number of hydrogen-bond acceptors (Lipinski definition) is 5. The van der Waals surface area contributed by atoms with Crippen LogP contribution in [-0.2, 0) is 13.1 Å². The van der Waals surface area contributed by atoms with Crippen molar-refractivity contribution in [3.8, 4) is 0 Å². The molecule has 4 rings (SSSR count). The van der Waals surface area contributed by atoms with Crippen LogP contribution in [0, 0.1) is 0 Å². The molecular formula is C17H14N4OS2. The van der Waals surface area contributed by atoms with E-state index in [9.17, 15) is 4.79 Å². The summed E-state index contributed by atoms with van der Waals surface area (Å²) in [7, 11) is 0. The predicted octanol–water partition coefficient (Wildman–Crippen LogP) is 3.69. The summed E-state index contributed by atoms with van der Waals surface area (Å²) in [4.78, 5) is 25.8. The van der Waals surface area contributed by atoms with Gasteiger partial charge in [0.25, 0.3) is 5.91 Å². The largest absolute Gasteiger partial charge is 0.327 e. The van der Waals surface area contributed by atoms with Crippen molar-refractivity contribution in [2.45, 2.75) is 13.1 Å². The highest BCUT2D eigenvalue weighted by Gasteiger charge is 2.22. The fraction of sp³-hybridized carbons (Fsp3) is 0.118. The standard InChI is InChI=1S/C17H14N4OS2/c22-17(15-16-19-6-8-20(16)7-5-18-15)21(11-13-3-1-9-23-13)12-14-4-2-10-24-14/h1-10H,11-12H2. The summed E-state index contributed by atoms with van der Waals surface area (Å²) >= 11 is 3.30. The predicted molar refractivity (Wildman–Crippen MR) is 95.2 cm³/mol. The number of aromatic nitrogens is 3. The van der Waals surface area contributed by atoms with Crippen molar-refractivity contribution in [3.63, 3.8) is 0 Å². The van der Waals surface area contributed by atoms with E-state index in [-0.39, 0.29) is 5.91 Å². The van der Waals surface area contributed by atoms with Crippen LogP contribution < -0.4 is 0 Å². The second-order valence-corrected chi connectivity index (χ2v) is 7.32. The van der Waals surface area contributed by atoms with Crippen molar-refractivity contribution in [2.24, 2.45) is 0 Å². The van der Waals surface area contributed by atoms with Crippen molar-refractivity contribution in [2.75, 3.05) is 0 Å². The van der Waals surface area contributed by atoms with E-state index in [1.165, 1.54) is 0 Å². The molecule has 120 valence electrons. The van der Waals surface area contributed by atoms with E-state index in [0.717, 1.165) is 9.75 Å². The molecule has 0 saturated carbocycles. The highest BCUT2D eigenvalue weighted by Crippen LogP contribution is 2.20. The smallest absolute Gasteiger partial charge is 0.276 e. The van der Waals surface area contributed by atoms with Gasteiger partial charge in [-0.25, -0.2) is 9.97 Å². The maximum Gasteiger partial charge on any atom is 0.276 e. The number of nitrogens with zero attached hydrogens (tertiary/aromatic N) is 4. The molecule has 0 aromatic carbocycles. The molecule has 4 heterocycles. The molecular weight excluding hydrogens is 340 g/mol. The molecule has 7 heteroatoms. The Morgan fingerprint density at radius 1 is 1.00 bits per heavy atom. The highest BCUT2D eigenvalue weighted by atomic mass is 32.1. The average Bonchev–Trinajstić information content (AvgIpc) is 3.35. The number of hydrogen-bond donors (Lipinski definition) is 0. The lowest BCUT2D eigenvalue weighted by molar-refractivity contribution is 0.0729. The molecule has 0 fully saturated rings. The van der Waals surface area contributed by atoms with Gasteiger partial charge in [0, 0.05) is 34.5 Å². The number of thiophene rings is 2. The van der Waals surface area contributed by atoms with E-state index in [0.29, 0.717) is 24.4 Å². The summed E-state index contributed by atoms with van der Waals surface area (Å²) in [5, 5.41) is 4.05. The van der Waals surface area contributed by atoms with Gasteiger partial charge in [-0.2, -0.15) is 0 Å². The monoisotopic (exact) mass is 354 g/mol. The minimum atomic E-state index is -0.103. The van der Waals surface area contributed by atoms with Gasteiger partial charge in [0.2, 0.25) is 0 Å². The molecule has 0 aliphatic rings. The van der Waals surface area contributed by atoms with E-state index >= 15 is 0 Å². The van der Waals surface area contributed by atoms with Gasteiger partial charge >= 0.3 is 0 Å². The molecule has 0 aliphatic carbocycles. The molecule has 0 aliphatic heterocycles. The van der Waals surface area contributed by atoms with Crippen molar-refractivity contribution in [1.82, 2.24) is 19.3 Å². The lowest BCUT2D eigenvalue weighted by Gasteiger charge is -2.21. The summed E-state index contributed by atoms with van der Waals surface area (Å²) in [6.07, 6.45) is 6.92. The number of carbonyl (C=O) groups excluding carboxylic acids is 1. The Morgan fingerprint density at radius 2 is 1.62 bits per heavy atom. The zero-order chi connectivity index (χ0) is 16.4. The Bertz CT molecular complexity index is 908. The first-order valence-corrected chi connectivity index (χ1v) is 9.19. The van der Waals surface area contributed by atoms with Gasteiger partial charge in [-0.15, -0.1) is 22.7 Å². The van der Waals surface area contributed by atoms with Gasteiger partial charge in [0.15, 0.2) is 11.3 Å². The molecule has 4 aromatic heterocycles. The third-order valence-electron chi connectivity index (χ3n) is 3.65. The lowest BCUT2D eigenvalue weighted by Crippen LogP contribution is -2.30. The summed E-state index contributed by atoms with van der Waals surface area (Å²) in [5.41, 5.74) is 0.973. The van der Waals surface area contributed by atoms with Crippen LogP contribution in [0.3, 0.4) is 0 Å². The summed E-state index contributed by atoms with van der Waals surface area (Å²) in [6.45, 7) is 1.13. The summed E-state index contributed by atoms with van der Waals surface area (Å²) in [5.74, 6) is -0.103. The van der Waals surface area contributed by atoms with Crippen LogP contribution in [0.15, 0.2) is 59.8 Å². The summed E-state index contributed by atoms with van der Waals surface area (Å²) < 4.78 is 1.81. The second-order valence-electron chi connectivity index (χ2n) is 5.25.